The fraction of sp³-hybridized carbons (Fsp3) is 0.375. The minimum absolute atomic E-state index is 0.140. The van der Waals surface area contributed by atoms with E-state index < -0.39 is 5.69 Å². The lowest BCUT2D eigenvalue weighted by Gasteiger charge is -2.18. The fourth-order valence-corrected chi connectivity index (χ4v) is 3.75. The van der Waals surface area contributed by atoms with Gasteiger partial charge in [0.05, 0.1) is 10.9 Å². The number of hydrogen-bond acceptors (Lipinski definition) is 4. The van der Waals surface area contributed by atoms with Gasteiger partial charge in [-0.3, -0.25) is 23.6 Å². The number of rotatable bonds is 9. The summed E-state index contributed by atoms with van der Waals surface area (Å²) in [7, 11) is 0. The van der Waals surface area contributed by atoms with Gasteiger partial charge >= 0.3 is 5.69 Å². The van der Waals surface area contributed by atoms with Crippen LogP contribution in [0.3, 0.4) is 0 Å². The van der Waals surface area contributed by atoms with Gasteiger partial charge in [-0.1, -0.05) is 50.2 Å². The normalized spacial score (nSPS) is 11.2. The second kappa shape index (κ2) is 10.2. The SMILES string of the molecule is CCN(CC)Cc1cccc(CNC(=O)Cn2c(=O)n(CC)c(=O)c3ccccc32)c1. The van der Waals surface area contributed by atoms with Crippen molar-refractivity contribution in [3.05, 3.63) is 80.5 Å². The van der Waals surface area contributed by atoms with Crippen molar-refractivity contribution in [2.75, 3.05) is 13.1 Å². The largest absolute Gasteiger partial charge is 0.350 e. The maximum absolute atomic E-state index is 12.8. The van der Waals surface area contributed by atoms with Gasteiger partial charge in [0.25, 0.3) is 5.56 Å². The Bertz CT molecular complexity index is 1180. The molecule has 0 spiro atoms. The van der Waals surface area contributed by atoms with E-state index in [1.165, 1.54) is 10.1 Å². The van der Waals surface area contributed by atoms with Crippen LogP contribution in [-0.4, -0.2) is 33.0 Å². The van der Waals surface area contributed by atoms with E-state index in [9.17, 15) is 14.4 Å². The van der Waals surface area contributed by atoms with E-state index >= 15 is 0 Å². The predicted molar refractivity (Wildman–Crippen MR) is 123 cm³/mol. The Labute approximate surface area is 181 Å². The van der Waals surface area contributed by atoms with Gasteiger partial charge in [-0.15, -0.1) is 0 Å². The summed E-state index contributed by atoms with van der Waals surface area (Å²) in [5, 5.41) is 3.33. The third kappa shape index (κ3) is 5.11. The van der Waals surface area contributed by atoms with Crippen molar-refractivity contribution >= 4 is 16.8 Å². The molecule has 1 heterocycles. The maximum atomic E-state index is 12.8. The van der Waals surface area contributed by atoms with Crippen molar-refractivity contribution in [2.45, 2.75) is 47.0 Å². The topological polar surface area (TPSA) is 76.3 Å². The summed E-state index contributed by atoms with van der Waals surface area (Å²) in [5.41, 5.74) is 1.88. The Balaban J connectivity index is 1.76. The first-order valence-electron chi connectivity index (χ1n) is 10.8. The van der Waals surface area contributed by atoms with Gasteiger partial charge in [-0.05, 0) is 43.3 Å². The Kier molecular flexibility index (Phi) is 7.41. The highest BCUT2D eigenvalue weighted by molar-refractivity contribution is 5.81. The van der Waals surface area contributed by atoms with Crippen LogP contribution in [0.15, 0.2) is 58.1 Å². The molecule has 0 aliphatic carbocycles. The van der Waals surface area contributed by atoms with Gasteiger partial charge in [0.1, 0.15) is 6.54 Å². The van der Waals surface area contributed by atoms with Crippen molar-refractivity contribution in [3.63, 3.8) is 0 Å². The average molecular weight is 423 g/mol. The molecule has 0 radical (unpaired) electrons. The number of para-hydroxylation sites is 1. The Morgan fingerprint density at radius 3 is 2.35 bits per heavy atom. The molecule has 0 bridgehead atoms. The van der Waals surface area contributed by atoms with Crippen LogP contribution in [0.5, 0.6) is 0 Å². The van der Waals surface area contributed by atoms with Crippen LogP contribution in [0.2, 0.25) is 0 Å². The standard InChI is InChI=1S/C24H30N4O3/c1-4-26(5-2)16-19-11-9-10-18(14-19)15-25-22(29)17-28-21-13-8-7-12-20(21)23(30)27(6-3)24(28)31/h7-14H,4-6,15-17H2,1-3H3,(H,25,29). The zero-order valence-corrected chi connectivity index (χ0v) is 18.4. The molecule has 0 unspecified atom stereocenters. The van der Waals surface area contributed by atoms with E-state index in [-0.39, 0.29) is 24.6 Å². The number of fused-ring (bicyclic) bond motifs is 1. The van der Waals surface area contributed by atoms with Gasteiger partial charge < -0.3 is 5.32 Å². The number of carbonyl (C=O) groups excluding carboxylic acids is 1. The molecular formula is C24H30N4O3. The molecule has 3 aromatic rings. The highest BCUT2D eigenvalue weighted by Crippen LogP contribution is 2.09. The zero-order valence-electron chi connectivity index (χ0n) is 18.4. The van der Waals surface area contributed by atoms with Crippen LogP contribution in [0.4, 0.5) is 0 Å². The molecule has 0 saturated carbocycles. The number of carbonyl (C=O) groups is 1. The summed E-state index contributed by atoms with van der Waals surface area (Å²) in [6.07, 6.45) is 0. The zero-order chi connectivity index (χ0) is 22.4. The summed E-state index contributed by atoms with van der Waals surface area (Å²) in [6.45, 7) is 9.36. The Hall–Kier alpha value is -3.19. The molecule has 0 atom stereocenters. The van der Waals surface area contributed by atoms with Crippen LogP contribution < -0.4 is 16.6 Å². The molecule has 1 amide bonds. The lowest BCUT2D eigenvalue weighted by atomic mass is 10.1. The van der Waals surface area contributed by atoms with Crippen LogP contribution in [0.25, 0.3) is 10.9 Å². The molecule has 31 heavy (non-hydrogen) atoms. The van der Waals surface area contributed by atoms with Crippen molar-refractivity contribution in [1.29, 1.82) is 0 Å². The number of nitrogens with one attached hydrogen (secondary N) is 1. The number of benzene rings is 2. The predicted octanol–water partition coefficient (Wildman–Crippen LogP) is 2.34. The second-order valence-corrected chi connectivity index (χ2v) is 7.49. The van der Waals surface area contributed by atoms with Crippen molar-refractivity contribution in [2.24, 2.45) is 0 Å². The van der Waals surface area contributed by atoms with Crippen molar-refractivity contribution < 1.29 is 4.79 Å². The maximum Gasteiger partial charge on any atom is 0.331 e. The first-order valence-corrected chi connectivity index (χ1v) is 10.8. The smallest absolute Gasteiger partial charge is 0.331 e. The van der Waals surface area contributed by atoms with E-state index in [1.54, 1.807) is 31.2 Å². The van der Waals surface area contributed by atoms with E-state index in [4.69, 9.17) is 0 Å². The van der Waals surface area contributed by atoms with Gasteiger partial charge in [0.15, 0.2) is 0 Å². The van der Waals surface area contributed by atoms with E-state index in [2.05, 4.69) is 36.2 Å². The second-order valence-electron chi connectivity index (χ2n) is 7.49. The van der Waals surface area contributed by atoms with E-state index in [1.807, 2.05) is 12.1 Å². The molecule has 1 N–H and O–H groups in total. The summed E-state index contributed by atoms with van der Waals surface area (Å²) in [5.74, 6) is -0.275. The molecule has 0 fully saturated rings. The summed E-state index contributed by atoms with van der Waals surface area (Å²) >= 11 is 0. The molecule has 0 aliphatic heterocycles. The van der Waals surface area contributed by atoms with Crippen LogP contribution in [0, 0.1) is 0 Å². The number of hydrogen-bond donors (Lipinski definition) is 1. The third-order valence-corrected chi connectivity index (χ3v) is 5.53. The number of amides is 1. The number of nitrogens with zero attached hydrogens (tertiary/aromatic N) is 3. The quantitative estimate of drug-likeness (QED) is 0.574. The van der Waals surface area contributed by atoms with Crippen LogP contribution >= 0.6 is 0 Å². The van der Waals surface area contributed by atoms with E-state index in [0.29, 0.717) is 17.4 Å². The highest BCUT2D eigenvalue weighted by Gasteiger charge is 2.14. The summed E-state index contributed by atoms with van der Waals surface area (Å²) in [4.78, 5) is 40.3. The van der Waals surface area contributed by atoms with Crippen LogP contribution in [-0.2, 0) is 31.0 Å². The molecule has 0 saturated heterocycles. The molecule has 3 rings (SSSR count). The van der Waals surface area contributed by atoms with Crippen LogP contribution in [0.1, 0.15) is 31.9 Å². The molecule has 164 valence electrons. The molecule has 1 aromatic heterocycles. The summed E-state index contributed by atoms with van der Waals surface area (Å²) in [6, 6.07) is 15.0. The monoisotopic (exact) mass is 422 g/mol. The Morgan fingerprint density at radius 1 is 0.935 bits per heavy atom. The Morgan fingerprint density at radius 2 is 1.65 bits per heavy atom. The molecule has 7 nitrogen and oxygen atoms in total. The fourth-order valence-electron chi connectivity index (χ4n) is 3.75. The van der Waals surface area contributed by atoms with Crippen molar-refractivity contribution in [1.82, 2.24) is 19.4 Å². The minimum Gasteiger partial charge on any atom is -0.350 e. The van der Waals surface area contributed by atoms with Gasteiger partial charge in [0, 0.05) is 19.6 Å². The first kappa shape index (κ1) is 22.5. The average Bonchev–Trinajstić information content (AvgIpc) is 2.79. The lowest BCUT2D eigenvalue weighted by molar-refractivity contribution is -0.121. The van der Waals surface area contributed by atoms with E-state index in [0.717, 1.165) is 29.8 Å². The molecule has 2 aromatic carbocycles. The lowest BCUT2D eigenvalue weighted by Crippen LogP contribution is -2.42. The molecular weight excluding hydrogens is 392 g/mol. The summed E-state index contributed by atoms with van der Waals surface area (Å²) < 4.78 is 2.53. The minimum atomic E-state index is -0.470. The first-order chi connectivity index (χ1) is 15.0. The van der Waals surface area contributed by atoms with Crippen molar-refractivity contribution in [3.8, 4) is 0 Å². The third-order valence-electron chi connectivity index (χ3n) is 5.53. The molecule has 0 aliphatic rings. The highest BCUT2D eigenvalue weighted by atomic mass is 16.2. The van der Waals surface area contributed by atoms with Gasteiger partial charge in [-0.2, -0.15) is 0 Å². The number of aromatic nitrogens is 2. The van der Waals surface area contributed by atoms with Gasteiger partial charge in [0.2, 0.25) is 5.91 Å². The van der Waals surface area contributed by atoms with Gasteiger partial charge in [-0.25, -0.2) is 4.79 Å². The molecule has 7 heteroatoms.